The second kappa shape index (κ2) is 9.67. The first kappa shape index (κ1) is 25.0. The molecule has 1 N–H and O–H groups in total. The van der Waals surface area contributed by atoms with Crippen molar-refractivity contribution in [3.05, 3.63) is 39.4 Å². The first-order valence-corrected chi connectivity index (χ1v) is 12.8. The lowest BCUT2D eigenvalue weighted by Gasteiger charge is -2.39. The van der Waals surface area contributed by atoms with Crippen LogP contribution in [0.5, 0.6) is 0 Å². The summed E-state index contributed by atoms with van der Waals surface area (Å²) in [6.07, 6.45) is 0.704. The average Bonchev–Trinajstić information content (AvgIpc) is 3.21. The van der Waals surface area contributed by atoms with E-state index in [0.717, 1.165) is 11.3 Å². The third kappa shape index (κ3) is 5.29. The van der Waals surface area contributed by atoms with Gasteiger partial charge in [0.2, 0.25) is 5.91 Å². The molecule has 12 heteroatoms. The molecular weight excluding hydrogens is 488 g/mol. The normalized spacial score (nSPS) is 15.5. The van der Waals surface area contributed by atoms with Gasteiger partial charge in [-0.1, -0.05) is 18.5 Å². The Morgan fingerprint density at radius 3 is 2.58 bits per heavy atom. The molecule has 0 spiro atoms. The van der Waals surface area contributed by atoms with Crippen molar-refractivity contribution in [2.45, 2.75) is 37.8 Å². The summed E-state index contributed by atoms with van der Waals surface area (Å²) in [5, 5.41) is 9.60. The first-order chi connectivity index (χ1) is 15.5. The summed E-state index contributed by atoms with van der Waals surface area (Å²) in [6.45, 7) is 6.06. The number of sulfonamides is 1. The van der Waals surface area contributed by atoms with Gasteiger partial charge in [-0.25, -0.2) is 22.9 Å². The van der Waals surface area contributed by atoms with Crippen LogP contribution in [0.3, 0.4) is 0 Å². The minimum Gasteiger partial charge on any atom is -0.462 e. The lowest BCUT2D eigenvalue weighted by molar-refractivity contribution is -0.129. The van der Waals surface area contributed by atoms with Gasteiger partial charge in [0.15, 0.2) is 0 Å². The van der Waals surface area contributed by atoms with Gasteiger partial charge in [-0.2, -0.15) is 5.26 Å². The zero-order valence-electron chi connectivity index (χ0n) is 18.3. The van der Waals surface area contributed by atoms with Crippen LogP contribution in [0.2, 0.25) is 4.34 Å². The molecule has 2 aromatic heterocycles. The Balaban J connectivity index is 1.75. The summed E-state index contributed by atoms with van der Waals surface area (Å²) in [5.41, 5.74) is -0.0162. The number of nitriles is 1. The smallest absolute Gasteiger partial charge is 0.340 e. The molecule has 0 atom stereocenters. The molecule has 0 saturated carbocycles. The number of amides is 1. The molecule has 1 aliphatic heterocycles. The average molecular weight is 511 g/mol. The maximum absolute atomic E-state index is 12.9. The van der Waals surface area contributed by atoms with E-state index in [-0.39, 0.29) is 21.9 Å². The third-order valence-electron chi connectivity index (χ3n) is 5.56. The van der Waals surface area contributed by atoms with Crippen molar-refractivity contribution in [1.29, 1.82) is 5.26 Å². The summed E-state index contributed by atoms with van der Waals surface area (Å²) in [7, 11) is -4.00. The predicted octanol–water partition coefficient (Wildman–Crippen LogP) is 3.26. The standard InChI is InChI=1S/C21H23ClN4O5S2/c1-4-31-19(27)15-11-14(12-23)18(24-13(15)2)26-9-7-21(3,8-10-26)20(28)25-33(29,30)17-6-5-16(22)32-17/h5-6,11H,4,7-10H2,1-3H3,(H,25,28). The van der Waals surface area contributed by atoms with Gasteiger partial charge in [-0.3, -0.25) is 4.79 Å². The van der Waals surface area contributed by atoms with Crippen LogP contribution in [0.4, 0.5) is 5.82 Å². The second-order valence-corrected chi connectivity index (χ2v) is 11.5. The number of esters is 1. The molecule has 0 radical (unpaired) electrons. The minimum absolute atomic E-state index is 0.0260. The van der Waals surface area contributed by atoms with Crippen molar-refractivity contribution >= 4 is 50.7 Å². The van der Waals surface area contributed by atoms with Crippen molar-refractivity contribution in [1.82, 2.24) is 9.71 Å². The Labute approximate surface area is 201 Å². The quantitative estimate of drug-likeness (QED) is 0.586. The molecule has 1 fully saturated rings. The summed E-state index contributed by atoms with van der Waals surface area (Å²) in [6, 6.07) is 6.35. The van der Waals surface area contributed by atoms with Gasteiger partial charge < -0.3 is 9.64 Å². The lowest BCUT2D eigenvalue weighted by atomic mass is 9.79. The molecule has 9 nitrogen and oxygen atoms in total. The number of aromatic nitrogens is 1. The van der Waals surface area contributed by atoms with E-state index in [0.29, 0.717) is 41.8 Å². The van der Waals surface area contributed by atoms with Crippen LogP contribution in [0.15, 0.2) is 22.4 Å². The second-order valence-electron chi connectivity index (χ2n) is 7.87. The predicted molar refractivity (Wildman–Crippen MR) is 124 cm³/mol. The maximum atomic E-state index is 12.9. The molecule has 1 saturated heterocycles. The number of hydrogen-bond acceptors (Lipinski definition) is 9. The summed E-state index contributed by atoms with van der Waals surface area (Å²) >= 11 is 6.69. The summed E-state index contributed by atoms with van der Waals surface area (Å²) in [5.74, 6) is -0.706. The Kier molecular flexibility index (Phi) is 7.31. The molecule has 3 rings (SSSR count). The van der Waals surface area contributed by atoms with E-state index >= 15 is 0 Å². The van der Waals surface area contributed by atoms with Crippen molar-refractivity contribution in [2.75, 3.05) is 24.6 Å². The van der Waals surface area contributed by atoms with Gasteiger partial charge in [0.05, 0.1) is 33.2 Å². The topological polar surface area (TPSA) is 129 Å². The molecule has 33 heavy (non-hydrogen) atoms. The molecule has 0 bridgehead atoms. The number of thiophene rings is 1. The number of anilines is 1. The lowest BCUT2D eigenvalue weighted by Crippen LogP contribution is -2.49. The third-order valence-corrected chi connectivity index (χ3v) is 8.62. The largest absolute Gasteiger partial charge is 0.462 e. The number of halogens is 1. The van der Waals surface area contributed by atoms with Crippen molar-refractivity contribution in [3.8, 4) is 6.07 Å². The zero-order chi connectivity index (χ0) is 24.4. The number of aryl methyl sites for hydroxylation is 1. The number of pyridine rings is 1. The van der Waals surface area contributed by atoms with Crippen LogP contribution in [0.25, 0.3) is 0 Å². The van der Waals surface area contributed by atoms with Gasteiger partial charge in [-0.05, 0) is 44.9 Å². The van der Waals surface area contributed by atoms with E-state index in [4.69, 9.17) is 16.3 Å². The fourth-order valence-electron chi connectivity index (χ4n) is 3.51. The Bertz CT molecular complexity index is 1230. The van der Waals surface area contributed by atoms with E-state index in [1.807, 2.05) is 4.90 Å². The van der Waals surface area contributed by atoms with E-state index in [2.05, 4.69) is 15.8 Å². The first-order valence-electron chi connectivity index (χ1n) is 10.2. The highest BCUT2D eigenvalue weighted by molar-refractivity contribution is 7.92. The molecule has 0 aliphatic carbocycles. The number of nitrogens with one attached hydrogen (secondary N) is 1. The number of rotatable bonds is 6. The van der Waals surface area contributed by atoms with Crippen LogP contribution in [-0.4, -0.2) is 45.0 Å². The number of hydrogen-bond donors (Lipinski definition) is 1. The van der Waals surface area contributed by atoms with Crippen LogP contribution in [-0.2, 0) is 19.6 Å². The Hall–Kier alpha value is -2.68. The number of carbonyl (C=O) groups is 2. The molecule has 0 aromatic carbocycles. The molecule has 0 unspecified atom stereocenters. The number of nitrogens with zero attached hydrogens (tertiary/aromatic N) is 3. The fourth-order valence-corrected chi connectivity index (χ4v) is 6.09. The molecule has 1 amide bonds. The number of piperidine rings is 1. The van der Waals surface area contributed by atoms with Crippen LogP contribution >= 0.6 is 22.9 Å². The van der Waals surface area contributed by atoms with E-state index in [1.54, 1.807) is 20.8 Å². The SMILES string of the molecule is CCOC(=O)c1cc(C#N)c(N2CCC(C)(C(=O)NS(=O)(=O)c3ccc(Cl)s3)CC2)nc1C. The van der Waals surface area contributed by atoms with E-state index < -0.39 is 27.3 Å². The molecule has 176 valence electrons. The Morgan fingerprint density at radius 2 is 2.03 bits per heavy atom. The number of carbonyl (C=O) groups excluding carboxylic acids is 2. The summed E-state index contributed by atoms with van der Waals surface area (Å²) in [4.78, 5) is 31.3. The van der Waals surface area contributed by atoms with Gasteiger partial charge in [0.1, 0.15) is 16.1 Å². The van der Waals surface area contributed by atoms with E-state index in [9.17, 15) is 23.3 Å². The maximum Gasteiger partial charge on any atom is 0.340 e. The highest BCUT2D eigenvalue weighted by Crippen LogP contribution is 2.35. The minimum atomic E-state index is -4.00. The summed E-state index contributed by atoms with van der Waals surface area (Å²) < 4.78 is 32.5. The molecule has 2 aromatic rings. The van der Waals surface area contributed by atoms with Crippen LogP contribution in [0, 0.1) is 23.7 Å². The molecular formula is C21H23ClN4O5S2. The van der Waals surface area contributed by atoms with Crippen molar-refractivity contribution < 1.29 is 22.7 Å². The molecule has 1 aliphatic rings. The van der Waals surface area contributed by atoms with Crippen molar-refractivity contribution in [2.24, 2.45) is 5.41 Å². The van der Waals surface area contributed by atoms with Crippen molar-refractivity contribution in [3.63, 3.8) is 0 Å². The van der Waals surface area contributed by atoms with Crippen LogP contribution in [0.1, 0.15) is 48.3 Å². The molecule has 3 heterocycles. The highest BCUT2D eigenvalue weighted by atomic mass is 35.5. The van der Waals surface area contributed by atoms with Gasteiger partial charge in [-0.15, -0.1) is 11.3 Å². The van der Waals surface area contributed by atoms with E-state index in [1.165, 1.54) is 18.2 Å². The number of ether oxygens (including phenoxy) is 1. The van der Waals surface area contributed by atoms with Gasteiger partial charge in [0, 0.05) is 13.1 Å². The highest BCUT2D eigenvalue weighted by Gasteiger charge is 2.40. The monoisotopic (exact) mass is 510 g/mol. The van der Waals surface area contributed by atoms with Gasteiger partial charge >= 0.3 is 5.97 Å². The van der Waals surface area contributed by atoms with Gasteiger partial charge in [0.25, 0.3) is 10.0 Å². The fraction of sp³-hybridized carbons (Fsp3) is 0.429. The Morgan fingerprint density at radius 1 is 1.36 bits per heavy atom. The van der Waals surface area contributed by atoms with Crippen LogP contribution < -0.4 is 9.62 Å². The zero-order valence-corrected chi connectivity index (χ0v) is 20.7.